The minimum atomic E-state index is 0.520. The third-order valence-electron chi connectivity index (χ3n) is 5.33. The molecule has 0 radical (unpaired) electrons. The smallest absolute Gasteiger partial charge is 0.283 e. The van der Waals surface area contributed by atoms with Crippen LogP contribution >= 0.6 is 0 Å². The molecular weight excluding hydrogens is 346 g/mol. The molecule has 3 nitrogen and oxygen atoms in total. The summed E-state index contributed by atoms with van der Waals surface area (Å²) in [7, 11) is 0. The van der Waals surface area contributed by atoms with Gasteiger partial charge in [0.15, 0.2) is 0 Å². The van der Waals surface area contributed by atoms with Crippen LogP contribution in [0, 0.1) is 11.5 Å². The molecule has 0 fully saturated rings. The van der Waals surface area contributed by atoms with E-state index >= 15 is 0 Å². The van der Waals surface area contributed by atoms with Crippen LogP contribution in [0.1, 0.15) is 115 Å². The Bertz CT molecular complexity index is 508. The number of benzene rings is 1. The Hall–Kier alpha value is -1.69. The molecule has 1 aromatic carbocycles. The van der Waals surface area contributed by atoms with Gasteiger partial charge in [-0.2, -0.15) is 5.26 Å². The van der Waals surface area contributed by atoms with E-state index in [9.17, 15) is 5.11 Å². The molecule has 0 saturated carbocycles. The summed E-state index contributed by atoms with van der Waals surface area (Å²) in [5.41, 5.74) is 2.61. The molecule has 0 amide bonds. The van der Waals surface area contributed by atoms with Gasteiger partial charge in [0.05, 0.1) is 0 Å². The van der Waals surface area contributed by atoms with Gasteiger partial charge in [-0.1, -0.05) is 103 Å². The largest absolute Gasteiger partial charge is 0.508 e. The first-order chi connectivity index (χ1) is 13.7. The van der Waals surface area contributed by atoms with E-state index in [-0.39, 0.29) is 0 Å². The number of aryl methyl sites for hydroxylation is 1. The van der Waals surface area contributed by atoms with Crippen molar-refractivity contribution in [1.29, 1.82) is 5.26 Å². The van der Waals surface area contributed by atoms with E-state index in [4.69, 9.17) is 10.4 Å². The molecule has 0 spiro atoms. The number of hydrogen-bond donors (Lipinski definition) is 2. The van der Waals surface area contributed by atoms with Crippen molar-refractivity contribution in [1.82, 2.24) is 0 Å². The average molecular weight is 390 g/mol. The van der Waals surface area contributed by atoms with Gasteiger partial charge >= 0.3 is 0 Å². The Morgan fingerprint density at radius 1 is 0.714 bits per heavy atom. The molecule has 160 valence electrons. The van der Waals surface area contributed by atoms with Crippen molar-refractivity contribution in [2.45, 2.75) is 117 Å². The highest BCUT2D eigenvalue weighted by Crippen LogP contribution is 2.25. The van der Waals surface area contributed by atoms with Gasteiger partial charge in [-0.25, -0.2) is 0 Å². The Balaban J connectivity index is 0.00000227. The van der Waals surface area contributed by atoms with Crippen LogP contribution < -0.4 is 0 Å². The molecule has 3 heteroatoms. The summed E-state index contributed by atoms with van der Waals surface area (Å²) < 4.78 is 0. The number of unbranched alkanes of at least 4 members (excludes halogenated alkanes) is 12. The number of nitriles is 1. The first kappa shape index (κ1) is 26.3. The molecule has 0 unspecified atom stereocenters. The second kappa shape index (κ2) is 20.1. The average Bonchev–Trinajstić information content (AvgIpc) is 2.69. The molecule has 0 aromatic heterocycles. The normalized spacial score (nSPS) is 10.2. The zero-order valence-electron chi connectivity index (χ0n) is 18.4. The predicted molar refractivity (Wildman–Crippen MR) is 119 cm³/mol. The third kappa shape index (κ3) is 14.4. The lowest BCUT2D eigenvalue weighted by atomic mass is 9.95. The summed E-state index contributed by atoms with van der Waals surface area (Å²) in [6, 6.07) is 6.11. The minimum Gasteiger partial charge on any atom is -0.508 e. The number of nitrogens with zero attached hydrogens (tertiary/aromatic N) is 1. The summed E-state index contributed by atoms with van der Waals surface area (Å²) in [4.78, 5) is 0. The molecule has 0 aliphatic carbocycles. The van der Waals surface area contributed by atoms with E-state index in [0.717, 1.165) is 19.1 Å². The molecule has 2 N–H and O–H groups in total. The van der Waals surface area contributed by atoms with E-state index < -0.39 is 0 Å². The van der Waals surface area contributed by atoms with E-state index in [0.29, 0.717) is 5.75 Å². The Labute approximate surface area is 173 Å². The molecular formula is C25H43NO2. The van der Waals surface area contributed by atoms with Crippen LogP contribution in [0.15, 0.2) is 18.2 Å². The quantitative estimate of drug-likeness (QED) is 0.224. The molecule has 0 aliphatic heterocycles. The maximum Gasteiger partial charge on any atom is 0.283 e. The number of rotatable bonds is 16. The number of aliphatic hydroxyl groups excluding tert-OH is 1. The van der Waals surface area contributed by atoms with Crippen molar-refractivity contribution in [2.75, 3.05) is 0 Å². The number of phenols is 1. The fraction of sp³-hybridized carbons (Fsp3) is 0.720. The highest BCUT2D eigenvalue weighted by Gasteiger charge is 2.07. The topological polar surface area (TPSA) is 64.2 Å². The molecule has 28 heavy (non-hydrogen) atoms. The molecule has 0 aliphatic rings. The standard InChI is InChI=1S/C24H42O.CHNO/c1-3-5-7-9-11-13-15-18-22-19-17-21-24(25)23(22)20-16-14-12-10-8-6-4-2;2-1-3/h17,19,21,25H,3-16,18,20H2,1-2H3;3H. The van der Waals surface area contributed by atoms with Crippen LogP contribution in [0.3, 0.4) is 0 Å². The predicted octanol–water partition coefficient (Wildman–Crippen LogP) is 7.82. The summed E-state index contributed by atoms with van der Waals surface area (Å²) in [6.07, 6.45) is 21.7. The van der Waals surface area contributed by atoms with E-state index in [1.807, 2.05) is 12.1 Å². The second-order valence-corrected chi connectivity index (χ2v) is 7.76. The molecule has 0 saturated heterocycles. The van der Waals surface area contributed by atoms with Gasteiger partial charge < -0.3 is 10.2 Å². The van der Waals surface area contributed by atoms with Crippen molar-refractivity contribution >= 4 is 0 Å². The van der Waals surface area contributed by atoms with Crippen LogP contribution in [0.25, 0.3) is 0 Å². The van der Waals surface area contributed by atoms with Gasteiger partial charge in [0.25, 0.3) is 6.26 Å². The molecule has 0 bridgehead atoms. The van der Waals surface area contributed by atoms with Crippen molar-refractivity contribution in [3.8, 4) is 12.0 Å². The fourth-order valence-corrected chi connectivity index (χ4v) is 3.68. The highest BCUT2D eigenvalue weighted by atomic mass is 16.3. The van der Waals surface area contributed by atoms with E-state index in [1.54, 1.807) is 0 Å². The van der Waals surface area contributed by atoms with Gasteiger partial charge in [-0.15, -0.1) is 0 Å². The van der Waals surface area contributed by atoms with Crippen LogP contribution in [-0.2, 0) is 12.8 Å². The van der Waals surface area contributed by atoms with Gasteiger partial charge in [0.2, 0.25) is 0 Å². The Morgan fingerprint density at radius 2 is 1.14 bits per heavy atom. The first-order valence-electron chi connectivity index (χ1n) is 11.5. The maximum absolute atomic E-state index is 10.3. The van der Waals surface area contributed by atoms with Gasteiger partial charge in [0.1, 0.15) is 5.75 Å². The second-order valence-electron chi connectivity index (χ2n) is 7.76. The lowest BCUT2D eigenvalue weighted by Gasteiger charge is -2.12. The number of aliphatic hydroxyl groups is 1. The lowest BCUT2D eigenvalue weighted by Crippen LogP contribution is -1.96. The Morgan fingerprint density at radius 3 is 1.64 bits per heavy atom. The Kier molecular flexibility index (Phi) is 18.8. The summed E-state index contributed by atoms with van der Waals surface area (Å²) in [6.45, 7) is 4.54. The zero-order chi connectivity index (χ0) is 20.9. The molecule has 0 atom stereocenters. The van der Waals surface area contributed by atoms with Crippen molar-refractivity contribution in [3.05, 3.63) is 29.3 Å². The van der Waals surface area contributed by atoms with Gasteiger partial charge in [-0.3, -0.25) is 0 Å². The summed E-state index contributed by atoms with van der Waals surface area (Å²) in [5, 5.41) is 24.0. The zero-order valence-corrected chi connectivity index (χ0v) is 18.4. The van der Waals surface area contributed by atoms with E-state index in [1.165, 1.54) is 101 Å². The van der Waals surface area contributed by atoms with Crippen molar-refractivity contribution in [3.63, 3.8) is 0 Å². The lowest BCUT2D eigenvalue weighted by molar-refractivity contribution is 0.464. The number of phenolic OH excluding ortho intramolecular Hbond substituents is 1. The fourth-order valence-electron chi connectivity index (χ4n) is 3.68. The van der Waals surface area contributed by atoms with Crippen molar-refractivity contribution in [2.24, 2.45) is 0 Å². The first-order valence-corrected chi connectivity index (χ1v) is 11.5. The highest BCUT2D eigenvalue weighted by molar-refractivity contribution is 5.39. The molecule has 1 aromatic rings. The molecule has 0 heterocycles. The van der Waals surface area contributed by atoms with Gasteiger partial charge in [0, 0.05) is 0 Å². The number of hydrogen-bond acceptors (Lipinski definition) is 3. The summed E-state index contributed by atoms with van der Waals surface area (Å²) >= 11 is 0. The SMILES string of the molecule is CCCCCCCCCc1cccc(O)c1CCCCCCCCC.N#CO. The van der Waals surface area contributed by atoms with Crippen LogP contribution in [0.4, 0.5) is 0 Å². The minimum absolute atomic E-state index is 0.520. The summed E-state index contributed by atoms with van der Waals surface area (Å²) in [5.74, 6) is 0.520. The maximum atomic E-state index is 10.3. The van der Waals surface area contributed by atoms with E-state index in [2.05, 4.69) is 19.9 Å². The van der Waals surface area contributed by atoms with Gasteiger partial charge in [-0.05, 0) is 42.9 Å². The molecule has 1 rings (SSSR count). The third-order valence-corrected chi connectivity index (χ3v) is 5.33. The van der Waals surface area contributed by atoms with Crippen LogP contribution in [0.2, 0.25) is 0 Å². The van der Waals surface area contributed by atoms with Crippen molar-refractivity contribution < 1.29 is 10.2 Å². The number of aromatic hydroxyl groups is 1. The van der Waals surface area contributed by atoms with Crippen LogP contribution in [0.5, 0.6) is 5.75 Å². The monoisotopic (exact) mass is 389 g/mol. The van der Waals surface area contributed by atoms with Crippen LogP contribution in [-0.4, -0.2) is 10.2 Å².